The molecule has 5 heteroatoms. The molecule has 2 N–H and O–H groups in total. The summed E-state index contributed by atoms with van der Waals surface area (Å²) in [6.07, 6.45) is 0. The summed E-state index contributed by atoms with van der Waals surface area (Å²) in [6, 6.07) is 12.0. The van der Waals surface area contributed by atoms with Gasteiger partial charge in [-0.15, -0.1) is 11.3 Å². The molecule has 2 unspecified atom stereocenters. The fourth-order valence-corrected chi connectivity index (χ4v) is 3.78. The van der Waals surface area contributed by atoms with E-state index in [0.717, 1.165) is 21.5 Å². The number of thiophene rings is 1. The monoisotopic (exact) mass is 328 g/mol. The zero-order valence-corrected chi connectivity index (χ0v) is 13.8. The third kappa shape index (κ3) is 3.96. The molecule has 2 atom stereocenters. The Bertz CT molecular complexity index is 569. The van der Waals surface area contributed by atoms with E-state index in [-0.39, 0.29) is 12.1 Å². The molecule has 0 aliphatic heterocycles. The second-order valence-electron chi connectivity index (χ2n) is 4.98. The number of benzene rings is 1. The van der Waals surface area contributed by atoms with Crippen molar-refractivity contribution in [1.82, 2.24) is 4.90 Å². The fourth-order valence-electron chi connectivity index (χ4n) is 2.43. The van der Waals surface area contributed by atoms with E-state index in [4.69, 9.17) is 28.9 Å². The van der Waals surface area contributed by atoms with E-state index in [1.54, 1.807) is 11.3 Å². The number of halogens is 2. The third-order valence-electron chi connectivity index (χ3n) is 3.20. The van der Waals surface area contributed by atoms with Crippen molar-refractivity contribution in [1.29, 1.82) is 0 Å². The number of nitrogens with two attached hydrogens (primary N) is 1. The first-order valence-electron chi connectivity index (χ1n) is 6.43. The Kier molecular flexibility index (Phi) is 5.47. The van der Waals surface area contributed by atoms with Crippen LogP contribution in [-0.2, 0) is 6.54 Å². The predicted octanol–water partition coefficient (Wildman–Crippen LogP) is 4.58. The minimum Gasteiger partial charge on any atom is -0.326 e. The molecule has 0 amide bonds. The van der Waals surface area contributed by atoms with Crippen molar-refractivity contribution in [3.8, 4) is 0 Å². The van der Waals surface area contributed by atoms with Gasteiger partial charge >= 0.3 is 0 Å². The summed E-state index contributed by atoms with van der Waals surface area (Å²) >= 11 is 13.7. The summed E-state index contributed by atoms with van der Waals surface area (Å²) in [6.45, 7) is 2.83. The lowest BCUT2D eigenvalue weighted by atomic mass is 9.99. The summed E-state index contributed by atoms with van der Waals surface area (Å²) in [5.41, 5.74) is 7.31. The lowest BCUT2D eigenvalue weighted by molar-refractivity contribution is 0.212. The second-order valence-corrected chi connectivity index (χ2v) is 7.22. The first-order chi connectivity index (χ1) is 9.47. The van der Waals surface area contributed by atoms with Crippen LogP contribution in [0, 0.1) is 0 Å². The molecule has 0 bridgehead atoms. The molecule has 108 valence electrons. The highest BCUT2D eigenvalue weighted by Gasteiger charge is 2.22. The van der Waals surface area contributed by atoms with Crippen LogP contribution in [0.1, 0.15) is 23.4 Å². The Morgan fingerprint density at radius 3 is 2.55 bits per heavy atom. The van der Waals surface area contributed by atoms with Crippen LogP contribution < -0.4 is 5.73 Å². The average Bonchev–Trinajstić information content (AvgIpc) is 2.74. The summed E-state index contributed by atoms with van der Waals surface area (Å²) in [7, 11) is 2.07. The molecule has 2 nitrogen and oxygen atoms in total. The normalized spacial score (nSPS) is 14.5. The smallest absolute Gasteiger partial charge is 0.0931 e. The van der Waals surface area contributed by atoms with Gasteiger partial charge in [-0.3, -0.25) is 4.90 Å². The lowest BCUT2D eigenvalue weighted by Crippen LogP contribution is -2.36. The molecule has 0 aliphatic rings. The minimum atomic E-state index is 0.00824. The number of hydrogen-bond acceptors (Lipinski definition) is 3. The van der Waals surface area contributed by atoms with Crippen LogP contribution in [0.15, 0.2) is 36.4 Å². The van der Waals surface area contributed by atoms with Crippen molar-refractivity contribution in [2.75, 3.05) is 7.05 Å². The summed E-state index contributed by atoms with van der Waals surface area (Å²) < 4.78 is 0.813. The molecule has 2 rings (SSSR count). The van der Waals surface area contributed by atoms with Crippen molar-refractivity contribution < 1.29 is 0 Å². The molecule has 0 spiro atoms. The number of nitrogens with zero attached hydrogens (tertiary/aromatic N) is 1. The molecule has 2 aromatic rings. The minimum absolute atomic E-state index is 0.00824. The van der Waals surface area contributed by atoms with Gasteiger partial charge in [0.15, 0.2) is 0 Å². The van der Waals surface area contributed by atoms with E-state index < -0.39 is 0 Å². The molecule has 0 fully saturated rings. The highest BCUT2D eigenvalue weighted by atomic mass is 35.5. The molecule has 0 saturated carbocycles. The zero-order chi connectivity index (χ0) is 14.7. The fraction of sp³-hybridized carbons (Fsp3) is 0.333. The van der Waals surface area contributed by atoms with Crippen molar-refractivity contribution in [3.63, 3.8) is 0 Å². The Morgan fingerprint density at radius 1 is 1.25 bits per heavy atom. The van der Waals surface area contributed by atoms with Gasteiger partial charge in [-0.2, -0.15) is 0 Å². The molecule has 0 aliphatic carbocycles. The van der Waals surface area contributed by atoms with Crippen molar-refractivity contribution in [3.05, 3.63) is 56.2 Å². The molecule has 1 aromatic carbocycles. The maximum absolute atomic E-state index is 6.17. The van der Waals surface area contributed by atoms with Crippen LogP contribution in [0.25, 0.3) is 0 Å². The molecular weight excluding hydrogens is 311 g/mol. The standard InChI is InChI=1S/C15H18Cl2N2S/c1-10(18)15(11-4-3-5-12(16)8-11)19(2)9-13-6-7-14(17)20-13/h3-8,10,15H,9,18H2,1-2H3. The predicted molar refractivity (Wildman–Crippen MR) is 88.6 cm³/mol. The van der Waals surface area contributed by atoms with Crippen LogP contribution >= 0.6 is 34.5 Å². The summed E-state index contributed by atoms with van der Waals surface area (Å²) in [5.74, 6) is 0. The van der Waals surface area contributed by atoms with E-state index in [1.165, 1.54) is 4.88 Å². The van der Waals surface area contributed by atoms with E-state index in [9.17, 15) is 0 Å². The summed E-state index contributed by atoms with van der Waals surface area (Å²) in [4.78, 5) is 3.46. The number of hydrogen-bond donors (Lipinski definition) is 1. The maximum Gasteiger partial charge on any atom is 0.0931 e. The van der Waals surface area contributed by atoms with Crippen molar-refractivity contribution in [2.45, 2.75) is 25.6 Å². The van der Waals surface area contributed by atoms with E-state index in [1.807, 2.05) is 31.2 Å². The van der Waals surface area contributed by atoms with E-state index in [2.05, 4.69) is 24.1 Å². The topological polar surface area (TPSA) is 29.3 Å². The molecule has 0 radical (unpaired) electrons. The summed E-state index contributed by atoms with van der Waals surface area (Å²) in [5, 5.41) is 0.737. The van der Waals surface area contributed by atoms with E-state index in [0.29, 0.717) is 0 Å². The Labute approximate surface area is 134 Å². The molecule has 1 heterocycles. The first-order valence-corrected chi connectivity index (χ1v) is 8.00. The van der Waals surface area contributed by atoms with Gasteiger partial charge in [-0.05, 0) is 43.8 Å². The van der Waals surface area contributed by atoms with Crippen LogP contribution in [0.5, 0.6) is 0 Å². The molecular formula is C15H18Cl2N2S. The van der Waals surface area contributed by atoms with Crippen LogP contribution in [0.3, 0.4) is 0 Å². The van der Waals surface area contributed by atoms with Gasteiger partial charge in [0.05, 0.1) is 4.34 Å². The average molecular weight is 329 g/mol. The molecule has 1 aromatic heterocycles. The van der Waals surface area contributed by atoms with Gasteiger partial charge in [0.2, 0.25) is 0 Å². The Morgan fingerprint density at radius 2 is 2.00 bits per heavy atom. The van der Waals surface area contributed by atoms with Crippen LogP contribution in [-0.4, -0.2) is 18.0 Å². The largest absolute Gasteiger partial charge is 0.326 e. The van der Waals surface area contributed by atoms with Gasteiger partial charge in [-0.25, -0.2) is 0 Å². The SMILES string of the molecule is CC(N)C(c1cccc(Cl)c1)N(C)Cc1ccc(Cl)s1. The highest BCUT2D eigenvalue weighted by molar-refractivity contribution is 7.16. The van der Waals surface area contributed by atoms with Gasteiger partial charge in [0, 0.05) is 28.5 Å². The molecule has 0 saturated heterocycles. The van der Waals surface area contributed by atoms with Gasteiger partial charge in [-0.1, -0.05) is 35.3 Å². The molecule has 20 heavy (non-hydrogen) atoms. The number of rotatable bonds is 5. The number of likely N-dealkylation sites (N-methyl/N-ethyl adjacent to an activating group) is 1. The van der Waals surface area contributed by atoms with E-state index >= 15 is 0 Å². The van der Waals surface area contributed by atoms with Gasteiger partial charge in [0.1, 0.15) is 0 Å². The van der Waals surface area contributed by atoms with Crippen LogP contribution in [0.2, 0.25) is 9.36 Å². The lowest BCUT2D eigenvalue weighted by Gasteiger charge is -2.31. The quantitative estimate of drug-likeness (QED) is 0.870. The van der Waals surface area contributed by atoms with Gasteiger partial charge < -0.3 is 5.73 Å². The maximum atomic E-state index is 6.17. The Balaban J connectivity index is 2.20. The highest BCUT2D eigenvalue weighted by Crippen LogP contribution is 2.28. The van der Waals surface area contributed by atoms with Crippen LogP contribution in [0.4, 0.5) is 0 Å². The Hall–Kier alpha value is -0.580. The third-order valence-corrected chi connectivity index (χ3v) is 4.65. The first kappa shape index (κ1) is 15.8. The van der Waals surface area contributed by atoms with Crippen molar-refractivity contribution in [2.24, 2.45) is 5.73 Å². The van der Waals surface area contributed by atoms with Gasteiger partial charge in [0.25, 0.3) is 0 Å². The zero-order valence-electron chi connectivity index (χ0n) is 11.5. The van der Waals surface area contributed by atoms with Crippen molar-refractivity contribution >= 4 is 34.5 Å². The second kappa shape index (κ2) is 6.92.